The average Bonchev–Trinajstić information content (AvgIpc) is 3.54. The summed E-state index contributed by atoms with van der Waals surface area (Å²) in [5, 5.41) is 3.37. The molecule has 0 saturated carbocycles. The van der Waals surface area contributed by atoms with E-state index in [4.69, 9.17) is 19.2 Å². The van der Waals surface area contributed by atoms with Gasteiger partial charge in [-0.25, -0.2) is 4.98 Å². The lowest BCUT2D eigenvalue weighted by Gasteiger charge is -2.17. The number of aryl methyl sites for hydroxylation is 2. The van der Waals surface area contributed by atoms with Gasteiger partial charge in [-0.15, -0.1) is 11.3 Å². The Balaban J connectivity index is 1.36. The second-order valence-corrected chi connectivity index (χ2v) is 10.4. The predicted molar refractivity (Wildman–Crippen MR) is 153 cm³/mol. The van der Waals surface area contributed by atoms with E-state index in [2.05, 4.69) is 11.4 Å². The maximum atomic E-state index is 13.1. The Kier molecular flexibility index (Phi) is 7.26. The Morgan fingerprint density at radius 3 is 2.23 bits per heavy atom. The van der Waals surface area contributed by atoms with Gasteiger partial charge < -0.3 is 19.1 Å². The van der Waals surface area contributed by atoms with E-state index in [0.717, 1.165) is 39.4 Å². The lowest BCUT2D eigenvalue weighted by Crippen LogP contribution is -2.28. The number of hydrogen-bond donors (Lipinski definition) is 1. The van der Waals surface area contributed by atoms with Crippen LogP contribution >= 0.6 is 11.3 Å². The predicted octanol–water partition coefficient (Wildman–Crippen LogP) is 5.91. The van der Waals surface area contributed by atoms with Gasteiger partial charge in [-0.3, -0.25) is 14.9 Å². The van der Waals surface area contributed by atoms with E-state index >= 15 is 0 Å². The molecule has 1 N–H and O–H groups in total. The van der Waals surface area contributed by atoms with Crippen molar-refractivity contribution in [2.24, 2.45) is 0 Å². The van der Waals surface area contributed by atoms with Crippen molar-refractivity contribution in [3.05, 3.63) is 81.7 Å². The minimum Gasteiger partial charge on any atom is -0.493 e. The van der Waals surface area contributed by atoms with Crippen LogP contribution in [0, 0.1) is 13.8 Å². The quantitative estimate of drug-likeness (QED) is 0.312. The topological polar surface area (TPSA) is 90.0 Å². The maximum Gasteiger partial charge on any atom is 0.258 e. The highest BCUT2D eigenvalue weighted by atomic mass is 32.1. The second kappa shape index (κ2) is 10.8. The number of benzene rings is 3. The Morgan fingerprint density at radius 1 is 0.897 bits per heavy atom. The number of nitrogens with zero attached hydrogens (tertiary/aromatic N) is 2. The maximum absolute atomic E-state index is 13.1. The molecule has 0 radical (unpaired) electrons. The van der Waals surface area contributed by atoms with E-state index in [-0.39, 0.29) is 11.8 Å². The number of hydrogen-bond acceptors (Lipinski definition) is 7. The van der Waals surface area contributed by atoms with Gasteiger partial charge in [-0.2, -0.15) is 0 Å². The fraction of sp³-hybridized carbons (Fsp3) is 0.233. The molecule has 1 aliphatic rings. The van der Waals surface area contributed by atoms with Crippen LogP contribution in [0.4, 0.5) is 10.8 Å². The number of rotatable bonds is 7. The van der Waals surface area contributed by atoms with Crippen LogP contribution in [0.3, 0.4) is 0 Å². The minimum absolute atomic E-state index is 0.00290. The number of carbonyl (C=O) groups is 2. The monoisotopic (exact) mass is 543 g/mol. The lowest BCUT2D eigenvalue weighted by atomic mass is 10.1. The standard InChI is InChI=1S/C30H29N3O5S/c1-17-6-8-19(9-7-17)29(35)33-13-12-20-14-21(10-11-23(20)33)26-18(2)39-30(31-26)32-28(34)22-15-24(36-3)27(38-5)25(16-22)37-4/h6-11,14-16H,12-13H2,1-5H3,(H,31,32,34). The molecule has 0 bridgehead atoms. The van der Waals surface area contributed by atoms with Crippen molar-refractivity contribution in [1.82, 2.24) is 4.98 Å². The van der Waals surface area contributed by atoms with E-state index in [9.17, 15) is 9.59 Å². The van der Waals surface area contributed by atoms with Crippen molar-refractivity contribution in [1.29, 1.82) is 0 Å². The van der Waals surface area contributed by atoms with Gasteiger partial charge in [0, 0.05) is 33.8 Å². The number of anilines is 2. The lowest BCUT2D eigenvalue weighted by molar-refractivity contribution is 0.0987. The molecule has 2 heterocycles. The fourth-order valence-electron chi connectivity index (χ4n) is 4.71. The van der Waals surface area contributed by atoms with Gasteiger partial charge in [0.2, 0.25) is 5.75 Å². The molecule has 39 heavy (non-hydrogen) atoms. The zero-order valence-corrected chi connectivity index (χ0v) is 23.3. The number of thiazole rings is 1. The molecule has 8 nitrogen and oxygen atoms in total. The first-order valence-corrected chi connectivity index (χ1v) is 13.2. The summed E-state index contributed by atoms with van der Waals surface area (Å²) < 4.78 is 16.1. The van der Waals surface area contributed by atoms with Crippen molar-refractivity contribution in [3.8, 4) is 28.5 Å². The van der Waals surface area contributed by atoms with Crippen LogP contribution in [0.1, 0.15) is 36.7 Å². The molecular weight excluding hydrogens is 514 g/mol. The van der Waals surface area contributed by atoms with Crippen LogP contribution in [0.5, 0.6) is 17.2 Å². The van der Waals surface area contributed by atoms with Crippen molar-refractivity contribution in [2.75, 3.05) is 38.1 Å². The van der Waals surface area contributed by atoms with Crippen LogP contribution in [-0.4, -0.2) is 44.7 Å². The van der Waals surface area contributed by atoms with Crippen LogP contribution in [-0.2, 0) is 6.42 Å². The van der Waals surface area contributed by atoms with Gasteiger partial charge in [0.05, 0.1) is 27.0 Å². The van der Waals surface area contributed by atoms with Crippen molar-refractivity contribution < 1.29 is 23.8 Å². The summed E-state index contributed by atoms with van der Waals surface area (Å²) in [5.74, 6) is 0.869. The fourth-order valence-corrected chi connectivity index (χ4v) is 5.54. The van der Waals surface area contributed by atoms with E-state index < -0.39 is 0 Å². The number of ether oxygens (including phenoxy) is 3. The highest BCUT2D eigenvalue weighted by molar-refractivity contribution is 7.16. The molecule has 200 valence electrons. The number of amides is 2. The van der Waals surface area contributed by atoms with Crippen molar-refractivity contribution in [3.63, 3.8) is 0 Å². The number of aromatic nitrogens is 1. The smallest absolute Gasteiger partial charge is 0.258 e. The Hall–Kier alpha value is -4.37. The molecule has 0 atom stereocenters. The summed E-state index contributed by atoms with van der Waals surface area (Å²) in [6.07, 6.45) is 0.773. The van der Waals surface area contributed by atoms with Gasteiger partial charge in [-0.1, -0.05) is 23.8 Å². The first-order valence-electron chi connectivity index (χ1n) is 12.4. The number of methoxy groups -OCH3 is 3. The molecule has 4 aromatic rings. The summed E-state index contributed by atoms with van der Waals surface area (Å²) in [6, 6.07) is 16.9. The van der Waals surface area contributed by atoms with Crippen molar-refractivity contribution >= 4 is 34.0 Å². The molecular formula is C30H29N3O5S. The van der Waals surface area contributed by atoms with E-state index in [1.807, 2.05) is 55.1 Å². The normalized spacial score (nSPS) is 12.2. The van der Waals surface area contributed by atoms with Crippen LogP contribution in [0.15, 0.2) is 54.6 Å². The molecule has 0 unspecified atom stereocenters. The number of fused-ring (bicyclic) bond motifs is 1. The van der Waals surface area contributed by atoms with Gasteiger partial charge in [0.1, 0.15) is 0 Å². The number of carbonyl (C=O) groups excluding carboxylic acids is 2. The van der Waals surface area contributed by atoms with Crippen LogP contribution in [0.2, 0.25) is 0 Å². The molecule has 0 spiro atoms. The first-order chi connectivity index (χ1) is 18.8. The largest absolute Gasteiger partial charge is 0.493 e. The summed E-state index contributed by atoms with van der Waals surface area (Å²) >= 11 is 1.40. The average molecular weight is 544 g/mol. The zero-order chi connectivity index (χ0) is 27.7. The molecule has 1 aromatic heterocycles. The highest BCUT2D eigenvalue weighted by Crippen LogP contribution is 2.39. The molecule has 0 aliphatic carbocycles. The third-order valence-corrected chi connectivity index (χ3v) is 7.62. The number of nitrogens with one attached hydrogen (secondary N) is 1. The molecule has 3 aromatic carbocycles. The van der Waals surface area contributed by atoms with E-state index in [0.29, 0.717) is 40.1 Å². The molecule has 1 aliphatic heterocycles. The molecule has 0 saturated heterocycles. The van der Waals surface area contributed by atoms with Gasteiger partial charge in [-0.05, 0) is 62.2 Å². The third kappa shape index (κ3) is 5.05. The van der Waals surface area contributed by atoms with Gasteiger partial charge in [0.15, 0.2) is 16.6 Å². The molecule has 0 fully saturated rings. The van der Waals surface area contributed by atoms with Crippen LogP contribution < -0.4 is 24.4 Å². The summed E-state index contributed by atoms with van der Waals surface area (Å²) in [5.41, 5.74) is 5.93. The van der Waals surface area contributed by atoms with Gasteiger partial charge >= 0.3 is 0 Å². The summed E-state index contributed by atoms with van der Waals surface area (Å²) in [7, 11) is 4.52. The first kappa shape index (κ1) is 26.2. The zero-order valence-electron chi connectivity index (χ0n) is 22.5. The highest BCUT2D eigenvalue weighted by Gasteiger charge is 2.26. The van der Waals surface area contributed by atoms with E-state index in [1.54, 1.807) is 12.1 Å². The van der Waals surface area contributed by atoms with Crippen LogP contribution in [0.25, 0.3) is 11.3 Å². The van der Waals surface area contributed by atoms with Crippen molar-refractivity contribution in [2.45, 2.75) is 20.3 Å². The molecule has 5 rings (SSSR count). The summed E-state index contributed by atoms with van der Waals surface area (Å²) in [6.45, 7) is 4.62. The van der Waals surface area contributed by atoms with E-state index in [1.165, 1.54) is 32.7 Å². The summed E-state index contributed by atoms with van der Waals surface area (Å²) in [4.78, 5) is 33.7. The minimum atomic E-state index is -0.339. The molecule has 2 amide bonds. The SMILES string of the molecule is COc1cc(C(=O)Nc2nc(-c3ccc4c(c3)CCN4C(=O)c3ccc(C)cc3)c(C)s2)cc(OC)c1OC. The third-order valence-electron chi connectivity index (χ3n) is 6.74. The second-order valence-electron chi connectivity index (χ2n) is 9.21. The Bertz CT molecular complexity index is 1540. The Labute approximate surface area is 231 Å². The Morgan fingerprint density at radius 2 is 1.59 bits per heavy atom. The molecule has 9 heteroatoms. The van der Waals surface area contributed by atoms with Gasteiger partial charge in [0.25, 0.3) is 11.8 Å².